The summed E-state index contributed by atoms with van der Waals surface area (Å²) in [5, 5.41) is 7.38. The van der Waals surface area contributed by atoms with E-state index in [1.165, 1.54) is 5.56 Å². The summed E-state index contributed by atoms with van der Waals surface area (Å²) in [6.45, 7) is 9.19. The van der Waals surface area contributed by atoms with Crippen molar-refractivity contribution in [1.29, 1.82) is 0 Å². The average molecular weight is 461 g/mol. The van der Waals surface area contributed by atoms with Gasteiger partial charge in [-0.3, -0.25) is 4.90 Å². The molecule has 1 aromatic heterocycles. The van der Waals surface area contributed by atoms with Crippen LogP contribution in [0.3, 0.4) is 0 Å². The van der Waals surface area contributed by atoms with Gasteiger partial charge in [0.05, 0.1) is 17.7 Å². The molecular formula is C27H32N4O3. The monoisotopic (exact) mass is 460 g/mol. The summed E-state index contributed by atoms with van der Waals surface area (Å²) >= 11 is 0. The van der Waals surface area contributed by atoms with Crippen LogP contribution in [0.25, 0.3) is 17.0 Å². The van der Waals surface area contributed by atoms with E-state index in [1.54, 1.807) is 4.90 Å². The summed E-state index contributed by atoms with van der Waals surface area (Å²) in [6, 6.07) is 17.5. The maximum Gasteiger partial charge on any atom is 0.322 e. The van der Waals surface area contributed by atoms with Crippen LogP contribution in [0.1, 0.15) is 57.2 Å². The lowest BCUT2D eigenvalue weighted by molar-refractivity contribution is 0.0736. The number of allylic oxidation sites excluding steroid dienone is 1. The number of urea groups is 1. The molecule has 34 heavy (non-hydrogen) atoms. The van der Waals surface area contributed by atoms with Crippen molar-refractivity contribution < 1.29 is 14.1 Å². The minimum absolute atomic E-state index is 0.144. The lowest BCUT2D eigenvalue weighted by Gasteiger charge is -2.35. The molecule has 0 spiro atoms. The smallest absolute Gasteiger partial charge is 0.322 e. The number of nitrogens with one attached hydrogen (secondary N) is 1. The molecule has 1 unspecified atom stereocenters. The van der Waals surface area contributed by atoms with Gasteiger partial charge in [-0.25, -0.2) is 4.79 Å². The second-order valence-electron chi connectivity index (χ2n) is 8.69. The predicted molar refractivity (Wildman–Crippen MR) is 132 cm³/mol. The largest absolute Gasteiger partial charge is 0.379 e. The van der Waals surface area contributed by atoms with E-state index in [1.807, 2.05) is 63.2 Å². The van der Waals surface area contributed by atoms with Gasteiger partial charge in [0.1, 0.15) is 0 Å². The first-order valence-corrected chi connectivity index (χ1v) is 11.9. The minimum Gasteiger partial charge on any atom is -0.379 e. The van der Waals surface area contributed by atoms with Gasteiger partial charge in [0.2, 0.25) is 5.82 Å². The van der Waals surface area contributed by atoms with Gasteiger partial charge in [-0.05, 0) is 44.7 Å². The molecule has 0 bridgehead atoms. The Morgan fingerprint density at radius 1 is 1.12 bits per heavy atom. The van der Waals surface area contributed by atoms with E-state index in [4.69, 9.17) is 14.2 Å². The number of amides is 2. The van der Waals surface area contributed by atoms with Gasteiger partial charge in [-0.1, -0.05) is 66.7 Å². The van der Waals surface area contributed by atoms with Crippen molar-refractivity contribution in [2.45, 2.75) is 52.7 Å². The van der Waals surface area contributed by atoms with Crippen LogP contribution in [0, 0.1) is 0 Å². The quantitative estimate of drug-likeness (QED) is 0.420. The molecule has 0 fully saturated rings. The van der Waals surface area contributed by atoms with Crippen molar-refractivity contribution in [3.8, 4) is 11.4 Å². The van der Waals surface area contributed by atoms with Crippen LogP contribution in [0.2, 0.25) is 0 Å². The Labute approximate surface area is 200 Å². The number of hydrogen-bond donors (Lipinski definition) is 1. The fourth-order valence-electron chi connectivity index (χ4n) is 4.10. The number of benzene rings is 2. The van der Waals surface area contributed by atoms with E-state index < -0.39 is 0 Å². The zero-order chi connectivity index (χ0) is 24.1. The molecule has 0 saturated heterocycles. The number of aryl methyl sites for hydroxylation is 1. The third-order valence-corrected chi connectivity index (χ3v) is 5.98. The summed E-state index contributed by atoms with van der Waals surface area (Å²) in [6.07, 6.45) is 1.86. The highest BCUT2D eigenvalue weighted by molar-refractivity contribution is 5.86. The highest BCUT2D eigenvalue weighted by Crippen LogP contribution is 2.37. The van der Waals surface area contributed by atoms with Crippen molar-refractivity contribution in [3.05, 3.63) is 77.3 Å². The molecule has 2 aromatic carbocycles. The molecule has 1 aliphatic heterocycles. The van der Waals surface area contributed by atoms with Crippen molar-refractivity contribution in [2.24, 2.45) is 0 Å². The summed E-state index contributed by atoms with van der Waals surface area (Å²) in [5.41, 5.74) is 4.71. The van der Waals surface area contributed by atoms with Gasteiger partial charge in [0, 0.05) is 24.4 Å². The minimum atomic E-state index is -0.382. The Hall–Kier alpha value is -3.45. The molecule has 0 aliphatic carbocycles. The van der Waals surface area contributed by atoms with Crippen molar-refractivity contribution in [2.75, 3.05) is 13.2 Å². The second kappa shape index (κ2) is 10.7. The fraction of sp³-hybridized carbons (Fsp3) is 0.370. The maximum absolute atomic E-state index is 13.1. The van der Waals surface area contributed by atoms with Crippen LogP contribution in [-0.4, -0.2) is 40.3 Å². The second-order valence-corrected chi connectivity index (χ2v) is 8.69. The van der Waals surface area contributed by atoms with Crippen molar-refractivity contribution >= 4 is 11.6 Å². The molecule has 0 radical (unpaired) electrons. The Morgan fingerprint density at radius 2 is 1.85 bits per heavy atom. The first kappa shape index (κ1) is 23.7. The van der Waals surface area contributed by atoms with E-state index in [9.17, 15) is 4.79 Å². The number of nitrogens with zero attached hydrogens (tertiary/aromatic N) is 3. The zero-order valence-electron chi connectivity index (χ0n) is 20.2. The maximum atomic E-state index is 13.1. The normalized spacial score (nSPS) is 16.3. The van der Waals surface area contributed by atoms with Crippen LogP contribution in [0.5, 0.6) is 0 Å². The highest BCUT2D eigenvalue weighted by Gasteiger charge is 2.35. The number of carbonyl (C=O) groups is 1. The molecule has 1 atom stereocenters. The van der Waals surface area contributed by atoms with Crippen LogP contribution < -0.4 is 5.32 Å². The lowest BCUT2D eigenvalue weighted by Crippen LogP contribution is -2.46. The topological polar surface area (TPSA) is 80.5 Å². The van der Waals surface area contributed by atoms with Gasteiger partial charge >= 0.3 is 6.03 Å². The molecule has 7 nitrogen and oxygen atoms in total. The predicted octanol–water partition coefficient (Wildman–Crippen LogP) is 5.61. The number of carbonyl (C=O) groups excluding carboxylic acids is 1. The van der Waals surface area contributed by atoms with E-state index in [0.29, 0.717) is 24.9 Å². The summed E-state index contributed by atoms with van der Waals surface area (Å²) in [5.74, 6) is 0.933. The SMILES string of the molecule is CCc1ccc(-c2noc(C3=C(C)N(CCCOC(C)C)C(=O)NC3c3ccccc3)n2)cc1. The zero-order valence-corrected chi connectivity index (χ0v) is 20.2. The summed E-state index contributed by atoms with van der Waals surface area (Å²) < 4.78 is 11.4. The number of aromatic nitrogens is 2. The highest BCUT2D eigenvalue weighted by atomic mass is 16.5. The van der Waals surface area contributed by atoms with E-state index in [-0.39, 0.29) is 18.2 Å². The van der Waals surface area contributed by atoms with Crippen molar-refractivity contribution in [1.82, 2.24) is 20.4 Å². The first-order chi connectivity index (χ1) is 16.5. The Balaban J connectivity index is 1.68. The molecule has 3 aromatic rings. The van der Waals surface area contributed by atoms with Gasteiger partial charge in [0.15, 0.2) is 0 Å². The van der Waals surface area contributed by atoms with E-state index >= 15 is 0 Å². The van der Waals surface area contributed by atoms with E-state index in [0.717, 1.165) is 35.2 Å². The number of rotatable bonds is 9. The summed E-state index contributed by atoms with van der Waals surface area (Å²) in [7, 11) is 0. The Morgan fingerprint density at radius 3 is 2.53 bits per heavy atom. The van der Waals surface area contributed by atoms with Crippen LogP contribution in [-0.2, 0) is 11.2 Å². The summed E-state index contributed by atoms with van der Waals surface area (Å²) in [4.78, 5) is 19.5. The van der Waals surface area contributed by atoms with E-state index in [2.05, 4.69) is 29.5 Å². The first-order valence-electron chi connectivity index (χ1n) is 11.9. The van der Waals surface area contributed by atoms with Crippen LogP contribution >= 0.6 is 0 Å². The molecular weight excluding hydrogens is 428 g/mol. The van der Waals surface area contributed by atoms with Crippen molar-refractivity contribution in [3.63, 3.8) is 0 Å². The fourth-order valence-corrected chi connectivity index (χ4v) is 4.10. The standard InChI is InChI=1S/C27H32N4O3/c1-5-20-12-14-22(15-13-20)25-29-26(34-30-25)23-19(4)31(16-9-17-33-18(2)3)27(32)28-24(23)21-10-7-6-8-11-21/h6-8,10-15,18,24H,5,9,16-17H2,1-4H3,(H,28,32). The molecule has 178 valence electrons. The number of ether oxygens (including phenoxy) is 1. The lowest BCUT2D eigenvalue weighted by atomic mass is 9.94. The Kier molecular flexibility index (Phi) is 7.43. The molecule has 1 aliphatic rings. The molecule has 1 N–H and O–H groups in total. The van der Waals surface area contributed by atoms with Gasteiger partial charge in [-0.15, -0.1) is 0 Å². The molecule has 4 rings (SSSR count). The van der Waals surface area contributed by atoms with Crippen LogP contribution in [0.4, 0.5) is 4.79 Å². The molecule has 2 heterocycles. The van der Waals surface area contributed by atoms with Gasteiger partial charge in [0.25, 0.3) is 5.89 Å². The Bertz CT molecular complexity index is 1140. The average Bonchev–Trinajstić information content (AvgIpc) is 3.33. The third-order valence-electron chi connectivity index (χ3n) is 5.98. The molecule has 7 heteroatoms. The van der Waals surface area contributed by atoms with Gasteiger partial charge < -0.3 is 14.6 Å². The van der Waals surface area contributed by atoms with Crippen LogP contribution in [0.15, 0.2) is 64.8 Å². The third kappa shape index (κ3) is 5.20. The molecule has 0 saturated carbocycles. The van der Waals surface area contributed by atoms with Gasteiger partial charge in [-0.2, -0.15) is 4.98 Å². The number of hydrogen-bond acceptors (Lipinski definition) is 5. The molecule has 2 amide bonds.